The summed E-state index contributed by atoms with van der Waals surface area (Å²) >= 11 is 0. The van der Waals surface area contributed by atoms with Crippen molar-refractivity contribution in [3.8, 4) is 0 Å². The number of likely N-dealkylation sites (tertiary alicyclic amines) is 1. The largest absolute Gasteiger partial charge is 0.353 e. The summed E-state index contributed by atoms with van der Waals surface area (Å²) in [6, 6.07) is 0.328. The van der Waals surface area contributed by atoms with Gasteiger partial charge in [-0.2, -0.15) is 0 Å². The molecule has 2 atom stereocenters. The summed E-state index contributed by atoms with van der Waals surface area (Å²) in [5.74, 6) is 0.463. The maximum atomic E-state index is 11.9. The van der Waals surface area contributed by atoms with Crippen LogP contribution in [0.4, 0.5) is 0 Å². The molecule has 1 saturated heterocycles. The van der Waals surface area contributed by atoms with Gasteiger partial charge >= 0.3 is 0 Å². The highest BCUT2D eigenvalue weighted by atomic mass is 16.2. The van der Waals surface area contributed by atoms with Crippen molar-refractivity contribution in [1.82, 2.24) is 10.2 Å². The zero-order valence-corrected chi connectivity index (χ0v) is 10.3. The summed E-state index contributed by atoms with van der Waals surface area (Å²) in [4.78, 5) is 14.1. The Hall–Kier alpha value is -0.570. The highest BCUT2D eigenvalue weighted by Crippen LogP contribution is 2.15. The van der Waals surface area contributed by atoms with Gasteiger partial charge in [-0.05, 0) is 39.8 Å². The Kier molecular flexibility index (Phi) is 5.09. The summed E-state index contributed by atoms with van der Waals surface area (Å²) in [5, 5.41) is 3.11. The molecule has 0 aromatic carbocycles. The van der Waals surface area contributed by atoms with Crippen molar-refractivity contribution in [2.45, 2.75) is 45.6 Å². The highest BCUT2D eigenvalue weighted by Gasteiger charge is 2.24. The van der Waals surface area contributed by atoms with Crippen LogP contribution in [-0.4, -0.2) is 37.0 Å². The van der Waals surface area contributed by atoms with Crippen molar-refractivity contribution < 1.29 is 4.79 Å². The summed E-state index contributed by atoms with van der Waals surface area (Å²) in [5.41, 5.74) is 0. The van der Waals surface area contributed by atoms with Crippen LogP contribution in [0, 0.1) is 5.92 Å². The molecule has 1 amide bonds. The molecule has 88 valence electrons. The lowest BCUT2D eigenvalue weighted by molar-refractivity contribution is -0.127. The van der Waals surface area contributed by atoms with Gasteiger partial charge in [-0.3, -0.25) is 4.79 Å². The van der Waals surface area contributed by atoms with Gasteiger partial charge in [-0.15, -0.1) is 0 Å². The van der Waals surface area contributed by atoms with E-state index in [1.807, 2.05) is 0 Å². The summed E-state index contributed by atoms with van der Waals surface area (Å²) < 4.78 is 0. The van der Waals surface area contributed by atoms with E-state index in [0.717, 1.165) is 38.8 Å². The molecular formula is C12H24N2O. The first-order chi connectivity index (χ1) is 7.13. The van der Waals surface area contributed by atoms with Crippen molar-refractivity contribution >= 4 is 5.91 Å². The first kappa shape index (κ1) is 12.5. The van der Waals surface area contributed by atoms with Gasteiger partial charge in [0.2, 0.25) is 5.91 Å². The van der Waals surface area contributed by atoms with E-state index in [9.17, 15) is 4.79 Å². The number of nitrogens with zero attached hydrogens (tertiary/aromatic N) is 1. The molecule has 0 saturated carbocycles. The van der Waals surface area contributed by atoms with Crippen molar-refractivity contribution in [3.63, 3.8) is 0 Å². The van der Waals surface area contributed by atoms with Gasteiger partial charge < -0.3 is 10.2 Å². The Bertz CT molecular complexity index is 206. The first-order valence-electron chi connectivity index (χ1n) is 6.12. The minimum Gasteiger partial charge on any atom is -0.353 e. The maximum Gasteiger partial charge on any atom is 0.224 e. The van der Waals surface area contributed by atoms with Crippen molar-refractivity contribution in [1.29, 1.82) is 0 Å². The van der Waals surface area contributed by atoms with E-state index >= 15 is 0 Å². The Balaban J connectivity index is 2.32. The molecule has 1 fully saturated rings. The minimum absolute atomic E-state index is 0.211. The molecule has 0 radical (unpaired) electrons. The van der Waals surface area contributed by atoms with Gasteiger partial charge in [-0.25, -0.2) is 0 Å². The SMILES string of the molecule is CCC[C@H](C)NC(=O)[C@@H]1CCCN(C)C1. The number of nitrogens with one attached hydrogen (secondary N) is 1. The highest BCUT2D eigenvalue weighted by molar-refractivity contribution is 5.79. The minimum atomic E-state index is 0.211. The summed E-state index contributed by atoms with van der Waals surface area (Å²) in [6.45, 7) is 6.30. The smallest absolute Gasteiger partial charge is 0.224 e. The van der Waals surface area contributed by atoms with Gasteiger partial charge in [0, 0.05) is 12.6 Å². The first-order valence-corrected chi connectivity index (χ1v) is 6.12. The third-order valence-corrected chi connectivity index (χ3v) is 3.11. The van der Waals surface area contributed by atoms with Gasteiger partial charge in [0.15, 0.2) is 0 Å². The number of hydrogen-bond acceptors (Lipinski definition) is 2. The molecule has 3 nitrogen and oxygen atoms in total. The van der Waals surface area contributed by atoms with E-state index in [0.29, 0.717) is 6.04 Å². The predicted octanol–water partition coefficient (Wildman–Crippen LogP) is 1.63. The van der Waals surface area contributed by atoms with E-state index in [-0.39, 0.29) is 11.8 Å². The quantitative estimate of drug-likeness (QED) is 0.768. The molecule has 0 aromatic heterocycles. The van der Waals surface area contributed by atoms with Gasteiger partial charge in [0.1, 0.15) is 0 Å². The molecule has 1 rings (SSSR count). The number of carbonyl (C=O) groups excluding carboxylic acids is 1. The van der Waals surface area contributed by atoms with Crippen LogP contribution < -0.4 is 5.32 Å². The van der Waals surface area contributed by atoms with Crippen molar-refractivity contribution in [2.24, 2.45) is 5.92 Å². The molecule has 1 heterocycles. The summed E-state index contributed by atoms with van der Waals surface area (Å²) in [7, 11) is 2.09. The Morgan fingerprint density at radius 2 is 2.33 bits per heavy atom. The van der Waals surface area contributed by atoms with Gasteiger partial charge in [0.05, 0.1) is 5.92 Å². The number of piperidine rings is 1. The van der Waals surface area contributed by atoms with Crippen LogP contribution in [-0.2, 0) is 4.79 Å². The lowest BCUT2D eigenvalue weighted by atomic mass is 9.97. The Morgan fingerprint density at radius 3 is 2.93 bits per heavy atom. The van der Waals surface area contributed by atoms with E-state index in [1.165, 1.54) is 0 Å². The van der Waals surface area contributed by atoms with Crippen LogP contribution in [0.3, 0.4) is 0 Å². The van der Waals surface area contributed by atoms with Gasteiger partial charge in [0.25, 0.3) is 0 Å². The lowest BCUT2D eigenvalue weighted by Crippen LogP contribution is -2.44. The third-order valence-electron chi connectivity index (χ3n) is 3.11. The monoisotopic (exact) mass is 212 g/mol. The molecule has 0 bridgehead atoms. The van der Waals surface area contributed by atoms with E-state index in [4.69, 9.17) is 0 Å². The molecule has 0 aliphatic carbocycles. The Morgan fingerprint density at radius 1 is 1.60 bits per heavy atom. The normalized spacial score (nSPS) is 24.9. The number of rotatable bonds is 4. The zero-order chi connectivity index (χ0) is 11.3. The van der Waals surface area contributed by atoms with Crippen LogP contribution in [0.5, 0.6) is 0 Å². The van der Waals surface area contributed by atoms with Crippen LogP contribution in [0.2, 0.25) is 0 Å². The topological polar surface area (TPSA) is 32.3 Å². The fourth-order valence-corrected chi connectivity index (χ4v) is 2.25. The third kappa shape index (κ3) is 4.20. The molecule has 1 aliphatic rings. The standard InChI is InChI=1S/C12H24N2O/c1-4-6-10(2)13-12(15)11-7-5-8-14(3)9-11/h10-11H,4-9H2,1-3H3,(H,13,15)/t10-,11+/m0/s1. The van der Waals surface area contributed by atoms with Crippen LogP contribution in [0.15, 0.2) is 0 Å². The lowest BCUT2D eigenvalue weighted by Gasteiger charge is -2.29. The molecule has 1 aliphatic heterocycles. The van der Waals surface area contributed by atoms with E-state index in [2.05, 4.69) is 31.1 Å². The molecule has 0 spiro atoms. The van der Waals surface area contributed by atoms with Crippen LogP contribution >= 0.6 is 0 Å². The van der Waals surface area contributed by atoms with Crippen LogP contribution in [0.1, 0.15) is 39.5 Å². The fraction of sp³-hybridized carbons (Fsp3) is 0.917. The van der Waals surface area contributed by atoms with E-state index < -0.39 is 0 Å². The van der Waals surface area contributed by atoms with Crippen molar-refractivity contribution in [2.75, 3.05) is 20.1 Å². The molecule has 1 N–H and O–H groups in total. The number of carbonyl (C=O) groups is 1. The second-order valence-electron chi connectivity index (χ2n) is 4.80. The van der Waals surface area contributed by atoms with E-state index in [1.54, 1.807) is 0 Å². The average Bonchev–Trinajstić information content (AvgIpc) is 2.18. The van der Waals surface area contributed by atoms with Gasteiger partial charge in [-0.1, -0.05) is 13.3 Å². The maximum absolute atomic E-state index is 11.9. The molecule has 3 heteroatoms. The zero-order valence-electron chi connectivity index (χ0n) is 10.3. The van der Waals surface area contributed by atoms with Crippen LogP contribution in [0.25, 0.3) is 0 Å². The average molecular weight is 212 g/mol. The van der Waals surface area contributed by atoms with Crippen molar-refractivity contribution in [3.05, 3.63) is 0 Å². The molecule has 0 aromatic rings. The molecular weight excluding hydrogens is 188 g/mol. The second-order valence-corrected chi connectivity index (χ2v) is 4.80. The molecule has 0 unspecified atom stereocenters. The Labute approximate surface area is 93.2 Å². The predicted molar refractivity (Wildman–Crippen MR) is 62.7 cm³/mol. The number of amides is 1. The number of hydrogen-bond donors (Lipinski definition) is 1. The second kappa shape index (κ2) is 6.11. The molecule has 15 heavy (non-hydrogen) atoms. The fourth-order valence-electron chi connectivity index (χ4n) is 2.25. The summed E-state index contributed by atoms with van der Waals surface area (Å²) in [6.07, 6.45) is 4.41.